The molecule has 0 radical (unpaired) electrons. The number of hydrogen-bond donors (Lipinski definition) is 1. The molecular weight excluding hydrogens is 382 g/mol. The van der Waals surface area contributed by atoms with Crippen molar-refractivity contribution in [2.24, 2.45) is 0 Å². The van der Waals surface area contributed by atoms with E-state index in [9.17, 15) is 4.79 Å². The van der Waals surface area contributed by atoms with Crippen LogP contribution >= 0.6 is 23.4 Å². The molecule has 0 aliphatic heterocycles. The first-order valence-corrected chi connectivity index (χ1v) is 10.5. The fourth-order valence-electron chi connectivity index (χ4n) is 3.16. The van der Waals surface area contributed by atoms with E-state index in [1.54, 1.807) is 6.07 Å². The van der Waals surface area contributed by atoms with Gasteiger partial charge < -0.3 is 9.84 Å². The molecule has 3 rings (SSSR count). The van der Waals surface area contributed by atoms with Gasteiger partial charge in [-0.2, -0.15) is 0 Å². The lowest BCUT2D eigenvalue weighted by atomic mass is 10.1. The van der Waals surface area contributed by atoms with Crippen LogP contribution in [0.1, 0.15) is 48.9 Å². The molecule has 0 bridgehead atoms. The largest absolute Gasteiger partial charge is 0.487 e. The van der Waals surface area contributed by atoms with Crippen molar-refractivity contribution in [3.63, 3.8) is 0 Å². The van der Waals surface area contributed by atoms with Gasteiger partial charge >= 0.3 is 5.97 Å². The van der Waals surface area contributed by atoms with Crippen molar-refractivity contribution in [3.05, 3.63) is 52.2 Å². The second kappa shape index (κ2) is 9.47. The summed E-state index contributed by atoms with van der Waals surface area (Å²) in [6.45, 7) is 2.42. The summed E-state index contributed by atoms with van der Waals surface area (Å²) in [5.41, 5.74) is 2.98. The summed E-state index contributed by atoms with van der Waals surface area (Å²) in [4.78, 5) is 15.4. The van der Waals surface area contributed by atoms with Gasteiger partial charge in [-0.3, -0.25) is 4.79 Å². The Morgan fingerprint density at radius 3 is 2.78 bits per heavy atom. The van der Waals surface area contributed by atoms with Crippen LogP contribution in [0, 0.1) is 6.92 Å². The van der Waals surface area contributed by atoms with Crippen LogP contribution in [0.5, 0.6) is 5.75 Å². The molecule has 1 aliphatic rings. The molecule has 1 saturated carbocycles. The van der Waals surface area contributed by atoms with Gasteiger partial charge in [0.2, 0.25) is 0 Å². The Kier molecular flexibility index (Phi) is 7.02. The lowest BCUT2D eigenvalue weighted by Gasteiger charge is -2.15. The Balaban J connectivity index is 1.66. The van der Waals surface area contributed by atoms with Gasteiger partial charge in [0, 0.05) is 22.9 Å². The molecule has 1 aromatic heterocycles. The summed E-state index contributed by atoms with van der Waals surface area (Å²) in [6, 6.07) is 9.54. The van der Waals surface area contributed by atoms with Gasteiger partial charge in [0.15, 0.2) is 0 Å². The zero-order valence-corrected chi connectivity index (χ0v) is 17.0. The third-order valence-electron chi connectivity index (χ3n) is 4.67. The number of carbonyl (C=O) groups is 1. The third kappa shape index (κ3) is 5.88. The highest BCUT2D eigenvalue weighted by Gasteiger charge is 2.19. The van der Waals surface area contributed by atoms with E-state index in [0.29, 0.717) is 29.0 Å². The standard InChI is InChI=1S/C21H24ClNO3S/c1-14-6-9-16(21(23-14)27-17-4-2-3-5-17)13-26-19-10-7-15(12-18(19)22)8-11-20(24)25/h6-7,9-10,12,17H,2-5,8,11,13H2,1H3,(H,24,25). The highest BCUT2D eigenvalue weighted by Crippen LogP contribution is 2.36. The third-order valence-corrected chi connectivity index (χ3v) is 6.34. The molecule has 2 aromatic rings. The second-order valence-electron chi connectivity index (χ2n) is 6.89. The van der Waals surface area contributed by atoms with E-state index in [2.05, 4.69) is 6.07 Å². The predicted octanol–water partition coefficient (Wildman–Crippen LogP) is 5.67. The van der Waals surface area contributed by atoms with Crippen LogP contribution in [0.2, 0.25) is 5.02 Å². The van der Waals surface area contributed by atoms with Gasteiger partial charge in [-0.25, -0.2) is 4.98 Å². The second-order valence-corrected chi connectivity index (χ2v) is 8.58. The predicted molar refractivity (Wildman–Crippen MR) is 109 cm³/mol. The Hall–Kier alpha value is -1.72. The van der Waals surface area contributed by atoms with Crippen LogP contribution in [0.4, 0.5) is 0 Å². The van der Waals surface area contributed by atoms with Gasteiger partial charge in [0.1, 0.15) is 17.4 Å². The Morgan fingerprint density at radius 2 is 2.07 bits per heavy atom. The molecule has 0 saturated heterocycles. The Labute approximate surface area is 169 Å². The van der Waals surface area contributed by atoms with Gasteiger partial charge in [-0.1, -0.05) is 36.6 Å². The van der Waals surface area contributed by atoms with Crippen LogP contribution in [-0.2, 0) is 17.8 Å². The first kappa shape index (κ1) is 20.0. The van der Waals surface area contributed by atoms with Crippen LogP contribution in [0.3, 0.4) is 0 Å². The van der Waals surface area contributed by atoms with Crippen molar-refractivity contribution < 1.29 is 14.6 Å². The first-order chi connectivity index (χ1) is 13.0. The van der Waals surface area contributed by atoms with E-state index in [-0.39, 0.29) is 6.42 Å². The van der Waals surface area contributed by atoms with Gasteiger partial charge in [0.05, 0.1) is 5.02 Å². The number of ether oxygens (including phenoxy) is 1. The Bertz CT molecular complexity index is 806. The zero-order chi connectivity index (χ0) is 19.2. The van der Waals surface area contributed by atoms with E-state index in [4.69, 9.17) is 26.4 Å². The number of thioether (sulfide) groups is 1. The number of carboxylic acid groups (broad SMARTS) is 1. The number of hydrogen-bond acceptors (Lipinski definition) is 4. The number of aliphatic carboxylic acids is 1. The van der Waals surface area contributed by atoms with Crippen molar-refractivity contribution in [2.75, 3.05) is 0 Å². The summed E-state index contributed by atoms with van der Waals surface area (Å²) in [5.74, 6) is -0.209. The maximum absolute atomic E-state index is 10.7. The highest BCUT2D eigenvalue weighted by molar-refractivity contribution is 7.99. The number of halogens is 1. The molecule has 0 spiro atoms. The molecule has 1 fully saturated rings. The van der Waals surface area contributed by atoms with Crippen molar-refractivity contribution in [1.82, 2.24) is 4.98 Å². The zero-order valence-electron chi connectivity index (χ0n) is 15.4. The summed E-state index contributed by atoms with van der Waals surface area (Å²) in [5, 5.41) is 11.0. The molecule has 0 atom stereocenters. The van der Waals surface area contributed by atoms with Crippen molar-refractivity contribution in [1.29, 1.82) is 0 Å². The van der Waals surface area contributed by atoms with Crippen molar-refractivity contribution in [2.45, 2.75) is 62.3 Å². The number of nitrogens with zero attached hydrogens (tertiary/aromatic N) is 1. The summed E-state index contributed by atoms with van der Waals surface area (Å²) >= 11 is 8.18. The topological polar surface area (TPSA) is 59.4 Å². The van der Waals surface area contributed by atoms with E-state index >= 15 is 0 Å². The fraction of sp³-hybridized carbons (Fsp3) is 0.429. The average molecular weight is 406 g/mol. The fourth-order valence-corrected chi connectivity index (χ4v) is 4.78. The van der Waals surface area contributed by atoms with Gasteiger partial charge in [0.25, 0.3) is 0 Å². The van der Waals surface area contributed by atoms with Crippen LogP contribution in [0.25, 0.3) is 0 Å². The summed E-state index contributed by atoms with van der Waals surface area (Å²) < 4.78 is 5.95. The van der Waals surface area contributed by atoms with Crippen LogP contribution < -0.4 is 4.74 Å². The molecule has 0 unspecified atom stereocenters. The summed E-state index contributed by atoms with van der Waals surface area (Å²) in [6.07, 6.45) is 5.67. The number of benzene rings is 1. The van der Waals surface area contributed by atoms with E-state index < -0.39 is 5.97 Å². The monoisotopic (exact) mass is 405 g/mol. The molecule has 1 aliphatic carbocycles. The number of rotatable bonds is 8. The number of aryl methyl sites for hydroxylation is 2. The molecule has 1 aromatic carbocycles. The molecule has 1 heterocycles. The number of pyridine rings is 1. The van der Waals surface area contributed by atoms with Gasteiger partial charge in [-0.05, 0) is 49.9 Å². The molecule has 144 valence electrons. The maximum atomic E-state index is 10.7. The van der Waals surface area contributed by atoms with Gasteiger partial charge in [-0.15, -0.1) is 11.8 Å². The Morgan fingerprint density at radius 1 is 1.30 bits per heavy atom. The maximum Gasteiger partial charge on any atom is 0.303 e. The minimum Gasteiger partial charge on any atom is -0.487 e. The molecule has 6 heteroatoms. The van der Waals surface area contributed by atoms with Crippen molar-refractivity contribution >= 4 is 29.3 Å². The smallest absolute Gasteiger partial charge is 0.303 e. The lowest BCUT2D eigenvalue weighted by molar-refractivity contribution is -0.136. The van der Waals surface area contributed by atoms with E-state index in [0.717, 1.165) is 21.8 Å². The first-order valence-electron chi connectivity index (χ1n) is 9.27. The SMILES string of the molecule is Cc1ccc(COc2ccc(CCC(=O)O)cc2Cl)c(SC2CCCC2)n1. The van der Waals surface area contributed by atoms with E-state index in [1.165, 1.54) is 25.7 Å². The van der Waals surface area contributed by atoms with Crippen LogP contribution in [0.15, 0.2) is 35.4 Å². The average Bonchev–Trinajstić information content (AvgIpc) is 3.13. The highest BCUT2D eigenvalue weighted by atomic mass is 35.5. The normalized spacial score (nSPS) is 14.4. The molecular formula is C21H24ClNO3S. The number of aromatic nitrogens is 1. The minimum atomic E-state index is -0.814. The molecule has 0 amide bonds. The number of carboxylic acids is 1. The lowest BCUT2D eigenvalue weighted by Crippen LogP contribution is -2.03. The minimum absolute atomic E-state index is 0.0906. The van der Waals surface area contributed by atoms with Crippen molar-refractivity contribution in [3.8, 4) is 5.75 Å². The molecule has 4 nitrogen and oxygen atoms in total. The summed E-state index contributed by atoms with van der Waals surface area (Å²) in [7, 11) is 0. The van der Waals surface area contributed by atoms with E-state index in [1.807, 2.05) is 36.9 Å². The van der Waals surface area contributed by atoms with Crippen LogP contribution in [-0.4, -0.2) is 21.3 Å². The molecule has 27 heavy (non-hydrogen) atoms. The molecule has 1 N–H and O–H groups in total. The quantitative estimate of drug-likeness (QED) is 0.612.